The first-order chi connectivity index (χ1) is 32.2. The van der Waals surface area contributed by atoms with Gasteiger partial charge in [0.25, 0.3) is 17.4 Å². The van der Waals surface area contributed by atoms with Crippen LogP contribution in [0.5, 0.6) is 0 Å². The van der Waals surface area contributed by atoms with Gasteiger partial charge >= 0.3 is 5.97 Å². The number of amides is 6. The summed E-state index contributed by atoms with van der Waals surface area (Å²) in [4.78, 5) is 121. The number of Topliss-reactive ketones (excluding diaryl/α,β-unsaturated/α-hetero) is 1. The van der Waals surface area contributed by atoms with E-state index in [9.17, 15) is 48.3 Å². The molecule has 18 nitrogen and oxygen atoms in total. The molecule has 67 heavy (non-hydrogen) atoms. The molecule has 1 aliphatic carbocycles. The van der Waals surface area contributed by atoms with Gasteiger partial charge in [-0.15, -0.1) is 0 Å². The highest BCUT2D eigenvalue weighted by Gasteiger charge is 2.45. The number of benzene rings is 2. The highest BCUT2D eigenvalue weighted by atomic mass is 16.6. The van der Waals surface area contributed by atoms with Crippen molar-refractivity contribution in [2.45, 2.75) is 95.9 Å². The van der Waals surface area contributed by atoms with Crippen molar-refractivity contribution in [3.8, 4) is 11.4 Å². The molecule has 4 aromatic rings. The summed E-state index contributed by atoms with van der Waals surface area (Å²) in [5, 5.41) is 22.5. The van der Waals surface area contributed by atoms with Crippen molar-refractivity contribution >= 4 is 58.1 Å². The fourth-order valence-electron chi connectivity index (χ4n) is 9.33. The number of imide groups is 1. The third kappa shape index (κ3) is 9.65. The quantitative estimate of drug-likeness (QED) is 0.0446. The molecule has 0 spiro atoms. The van der Waals surface area contributed by atoms with E-state index in [0.29, 0.717) is 42.6 Å². The maximum absolute atomic E-state index is 13.8. The van der Waals surface area contributed by atoms with Gasteiger partial charge in [0.1, 0.15) is 12.6 Å². The first kappa shape index (κ1) is 46.2. The lowest BCUT2D eigenvalue weighted by Gasteiger charge is -2.31. The number of ether oxygens (including phenoxy) is 1. The first-order valence-electron chi connectivity index (χ1n) is 22.6. The highest BCUT2D eigenvalue weighted by molar-refractivity contribution is 6.12. The molecule has 1 unspecified atom stereocenters. The van der Waals surface area contributed by atoms with Gasteiger partial charge in [0.2, 0.25) is 23.6 Å². The number of hydrogen-bond acceptors (Lipinski definition) is 12. The summed E-state index contributed by atoms with van der Waals surface area (Å²) in [5.74, 6) is -4.00. The molecule has 4 aliphatic rings. The van der Waals surface area contributed by atoms with Crippen molar-refractivity contribution in [3.05, 3.63) is 110 Å². The average Bonchev–Trinajstić information content (AvgIpc) is 3.86. The Morgan fingerprint density at radius 3 is 2.31 bits per heavy atom. The fourth-order valence-corrected chi connectivity index (χ4v) is 9.33. The van der Waals surface area contributed by atoms with Crippen molar-refractivity contribution in [3.63, 3.8) is 0 Å². The van der Waals surface area contributed by atoms with Crippen LogP contribution in [0.1, 0.15) is 84.4 Å². The predicted molar refractivity (Wildman–Crippen MR) is 241 cm³/mol. The maximum atomic E-state index is 13.8. The Morgan fingerprint density at radius 2 is 1.55 bits per heavy atom. The summed E-state index contributed by atoms with van der Waals surface area (Å²) in [6.45, 7) is 0.826. The van der Waals surface area contributed by atoms with Crippen LogP contribution >= 0.6 is 0 Å². The van der Waals surface area contributed by atoms with Gasteiger partial charge in [0.15, 0.2) is 11.4 Å². The molecule has 5 heterocycles. The van der Waals surface area contributed by atoms with E-state index < -0.39 is 41.9 Å². The normalized spacial score (nSPS) is 17.0. The van der Waals surface area contributed by atoms with E-state index in [1.807, 2.05) is 18.2 Å². The topological polar surface area (TPSA) is 252 Å². The molecule has 2 atom stereocenters. The molecule has 6 amide bonds. The molecule has 5 N–H and O–H groups in total. The Labute approximate surface area is 384 Å². The summed E-state index contributed by atoms with van der Waals surface area (Å²) in [7, 11) is 0. The number of hydrogen-bond donors (Lipinski definition) is 5. The van der Waals surface area contributed by atoms with Crippen molar-refractivity contribution in [2.24, 2.45) is 0 Å². The van der Waals surface area contributed by atoms with Crippen molar-refractivity contribution in [1.29, 1.82) is 0 Å². The summed E-state index contributed by atoms with van der Waals surface area (Å²) in [5.41, 5.74) is 4.53. The molecular formula is C49H51N7O11. The average molecular weight is 914 g/mol. The summed E-state index contributed by atoms with van der Waals surface area (Å²) in [6.07, 6.45) is 6.59. The molecular weight excluding hydrogens is 863 g/mol. The second kappa shape index (κ2) is 19.6. The number of carbonyl (C=O) groups excluding carboxylic acids is 8. The highest BCUT2D eigenvalue weighted by Crippen LogP contribution is 2.43. The van der Waals surface area contributed by atoms with Gasteiger partial charge in [-0.2, -0.15) is 0 Å². The summed E-state index contributed by atoms with van der Waals surface area (Å²) < 4.78 is 6.84. The van der Waals surface area contributed by atoms with Gasteiger partial charge in [-0.05, 0) is 72.9 Å². The molecule has 3 aliphatic heterocycles. The number of pyridine rings is 2. The number of carbonyl (C=O) groups is 8. The number of ketones is 1. The monoisotopic (exact) mass is 913 g/mol. The van der Waals surface area contributed by atoms with Crippen molar-refractivity contribution in [2.75, 3.05) is 26.2 Å². The SMILES string of the molecule is CC[C@@]1(O)C(=O)OCc2c1cc1n(c2=O)Cc2c-1nc1ccc(CC(=O)CNC(=O)C(Cc3ccccc3)NC(=O)CNC(=O)CNC(=O)CCCCCN3C(=O)C=CC3=O)c3c1c2CCC3. The molecule has 2 aromatic heterocycles. The van der Waals surface area contributed by atoms with Gasteiger partial charge in [0.05, 0.1) is 48.6 Å². The van der Waals surface area contributed by atoms with Crippen LogP contribution < -0.4 is 26.8 Å². The molecule has 0 radical (unpaired) electrons. The maximum Gasteiger partial charge on any atom is 0.343 e. The lowest BCUT2D eigenvalue weighted by atomic mass is 9.83. The van der Waals surface area contributed by atoms with E-state index >= 15 is 0 Å². The largest absolute Gasteiger partial charge is 0.458 e. The van der Waals surface area contributed by atoms with Crippen LogP contribution in [0.15, 0.2) is 65.5 Å². The number of nitrogens with one attached hydrogen (secondary N) is 4. The second-order valence-electron chi connectivity index (χ2n) is 17.2. The number of cyclic esters (lactones) is 1. The number of esters is 1. The Bertz CT molecular complexity index is 2800. The van der Waals surface area contributed by atoms with Crippen LogP contribution in [0.4, 0.5) is 0 Å². The van der Waals surface area contributed by atoms with Crippen molar-refractivity contribution < 1.29 is 48.2 Å². The number of rotatable bonds is 19. The first-order valence-corrected chi connectivity index (χ1v) is 22.6. The zero-order chi connectivity index (χ0) is 47.4. The van der Waals surface area contributed by atoms with Crippen molar-refractivity contribution in [1.82, 2.24) is 35.7 Å². The number of aliphatic hydroxyl groups is 1. The second-order valence-corrected chi connectivity index (χ2v) is 17.2. The van der Waals surface area contributed by atoms with Crippen LogP contribution in [0.2, 0.25) is 0 Å². The Morgan fingerprint density at radius 1 is 0.821 bits per heavy atom. The Hall–Kier alpha value is -7.34. The van der Waals surface area contributed by atoms with Gasteiger partial charge in [-0.1, -0.05) is 49.7 Å². The lowest BCUT2D eigenvalue weighted by Crippen LogP contribution is -2.51. The predicted octanol–water partition coefficient (Wildman–Crippen LogP) is 1.24. The summed E-state index contributed by atoms with van der Waals surface area (Å²) >= 11 is 0. The van der Waals surface area contributed by atoms with E-state index in [1.54, 1.807) is 41.8 Å². The Kier molecular flexibility index (Phi) is 13.5. The number of aromatic nitrogens is 2. The van der Waals surface area contributed by atoms with Crippen LogP contribution in [-0.4, -0.2) is 99.0 Å². The number of fused-ring (bicyclic) bond motifs is 5. The zero-order valence-electron chi connectivity index (χ0n) is 37.0. The van der Waals surface area contributed by atoms with Crippen LogP contribution in [-0.2, 0) is 87.5 Å². The van der Waals surface area contributed by atoms with Crippen LogP contribution in [0.25, 0.3) is 22.3 Å². The van der Waals surface area contributed by atoms with Crippen LogP contribution in [0.3, 0.4) is 0 Å². The molecule has 18 heteroatoms. The standard InChI is InChI=1S/C49H51N7O11/c1-2-49(66)35-22-38-45-33(26-56(38)47(64)34(35)27-67-48(49)65)32-13-9-12-31-29(15-16-36(54-45)44(31)32)21-30(57)23-52-46(63)37(20-28-10-5-3-6-11-28)53-41(60)25-51-40(59)24-50-39(58)14-7-4-8-19-55-42(61)17-18-43(55)62/h3,5-6,10-11,15-18,22,37,66H,2,4,7-9,12-14,19-21,23-27H2,1H3,(H,50,58)(H,51,59)(H,52,63)(H,53,60)/t37?,49-/m0/s1. The van der Waals surface area contributed by atoms with E-state index in [0.717, 1.165) is 50.9 Å². The van der Waals surface area contributed by atoms with Gasteiger partial charge in [-0.25, -0.2) is 9.78 Å². The van der Waals surface area contributed by atoms with E-state index in [4.69, 9.17) is 9.72 Å². The number of nitrogens with zero attached hydrogens (tertiary/aromatic N) is 3. The van der Waals surface area contributed by atoms with Gasteiger partial charge < -0.3 is 35.7 Å². The molecule has 0 saturated carbocycles. The molecule has 8 rings (SSSR count). The summed E-state index contributed by atoms with van der Waals surface area (Å²) in [6, 6.07) is 13.3. The minimum atomic E-state index is -1.94. The molecule has 0 saturated heterocycles. The molecule has 0 fully saturated rings. The smallest absolute Gasteiger partial charge is 0.343 e. The minimum Gasteiger partial charge on any atom is -0.458 e. The minimum absolute atomic E-state index is 0.0252. The Balaban J connectivity index is 0.858. The van der Waals surface area contributed by atoms with E-state index in [2.05, 4.69) is 21.3 Å². The van der Waals surface area contributed by atoms with Crippen LogP contribution in [0, 0.1) is 0 Å². The van der Waals surface area contributed by atoms with Gasteiger partial charge in [0, 0.05) is 54.5 Å². The van der Waals surface area contributed by atoms with E-state index in [-0.39, 0.29) is 98.7 Å². The zero-order valence-corrected chi connectivity index (χ0v) is 37.0. The molecule has 348 valence electrons. The number of unbranched alkanes of at least 4 members (excludes halogenated alkanes) is 2. The molecule has 2 aromatic carbocycles. The third-order valence-electron chi connectivity index (χ3n) is 12.9. The third-order valence-corrected chi connectivity index (χ3v) is 12.9. The lowest BCUT2D eigenvalue weighted by molar-refractivity contribution is -0.172. The fraction of sp³-hybridized carbons (Fsp3) is 0.388. The van der Waals surface area contributed by atoms with Gasteiger partial charge in [-0.3, -0.25) is 43.3 Å². The number of aryl methyl sites for hydroxylation is 2. The van der Waals surface area contributed by atoms with E-state index in [1.165, 1.54) is 12.2 Å². The molecule has 0 bridgehead atoms.